The summed E-state index contributed by atoms with van der Waals surface area (Å²) in [5.74, 6) is 0.243. The zero-order valence-electron chi connectivity index (χ0n) is 16.3. The van der Waals surface area contributed by atoms with Gasteiger partial charge in [0, 0.05) is 17.3 Å². The van der Waals surface area contributed by atoms with Crippen molar-refractivity contribution in [2.45, 2.75) is 52.5 Å². The third-order valence-corrected chi connectivity index (χ3v) is 4.58. The van der Waals surface area contributed by atoms with Crippen LogP contribution in [0.1, 0.15) is 69.2 Å². The van der Waals surface area contributed by atoms with Crippen LogP contribution in [-0.4, -0.2) is 12.5 Å². The van der Waals surface area contributed by atoms with Crippen LogP contribution in [-0.2, 0) is 4.79 Å². The van der Waals surface area contributed by atoms with Gasteiger partial charge in [-0.3, -0.25) is 4.79 Å². The van der Waals surface area contributed by atoms with Crippen LogP contribution >= 0.6 is 0 Å². The largest absolute Gasteiger partial charge is 0.324 e. The lowest BCUT2D eigenvalue weighted by Gasteiger charge is -2.21. The van der Waals surface area contributed by atoms with Gasteiger partial charge in [-0.1, -0.05) is 64.1 Å². The Balaban J connectivity index is 2.09. The maximum absolute atomic E-state index is 13.9. The maximum atomic E-state index is 13.9. The molecule has 0 aliphatic rings. The van der Waals surface area contributed by atoms with Crippen LogP contribution in [0.3, 0.4) is 0 Å². The van der Waals surface area contributed by atoms with E-state index in [1.54, 1.807) is 18.2 Å². The molecule has 1 atom stereocenters. The molecule has 1 amide bonds. The van der Waals surface area contributed by atoms with E-state index in [1.165, 1.54) is 6.07 Å². The molecule has 26 heavy (non-hydrogen) atoms. The molecule has 2 N–H and O–H groups in total. The highest BCUT2D eigenvalue weighted by atomic mass is 19.1. The fourth-order valence-corrected chi connectivity index (χ4v) is 3.06. The van der Waals surface area contributed by atoms with Crippen molar-refractivity contribution in [3.8, 4) is 0 Å². The van der Waals surface area contributed by atoms with Gasteiger partial charge in [0.15, 0.2) is 0 Å². The van der Waals surface area contributed by atoms with Crippen molar-refractivity contribution >= 4 is 11.6 Å². The zero-order chi connectivity index (χ0) is 19.3. The molecule has 2 aromatic carbocycles. The summed E-state index contributed by atoms with van der Waals surface area (Å²) in [6.07, 6.45) is 0. The molecule has 0 spiro atoms. The van der Waals surface area contributed by atoms with Gasteiger partial charge in [-0.2, -0.15) is 0 Å². The van der Waals surface area contributed by atoms with Crippen LogP contribution in [0, 0.1) is 5.82 Å². The normalized spacial score (nSPS) is 12.5. The lowest BCUT2D eigenvalue weighted by Crippen LogP contribution is -2.31. The standard InChI is InChI=1S/C22H29FN2O/c1-14(2)17-10-8-11-18(15(3)4)22(17)25-21(26)13-24-16(5)19-9-6-7-12-20(19)23/h6-12,14-16,24H,13H2,1-5H3,(H,25,26). The molecule has 0 radical (unpaired) electrons. The number of halogens is 1. The SMILES string of the molecule is CC(C)c1cccc(C(C)C)c1NC(=O)CNC(C)c1ccccc1F. The van der Waals surface area contributed by atoms with E-state index in [1.807, 2.05) is 13.0 Å². The second kappa shape index (κ2) is 8.95. The Morgan fingerprint density at radius 2 is 1.42 bits per heavy atom. The first-order valence-electron chi connectivity index (χ1n) is 9.21. The molecule has 0 heterocycles. The van der Waals surface area contributed by atoms with E-state index in [9.17, 15) is 9.18 Å². The fraction of sp³-hybridized carbons (Fsp3) is 0.409. The first-order chi connectivity index (χ1) is 12.3. The van der Waals surface area contributed by atoms with Gasteiger partial charge >= 0.3 is 0 Å². The van der Waals surface area contributed by atoms with Gasteiger partial charge < -0.3 is 10.6 Å². The number of anilines is 1. The summed E-state index contributed by atoms with van der Waals surface area (Å²) >= 11 is 0. The van der Waals surface area contributed by atoms with E-state index in [2.05, 4.69) is 50.5 Å². The van der Waals surface area contributed by atoms with Crippen LogP contribution in [0.4, 0.5) is 10.1 Å². The number of rotatable bonds is 7. The summed E-state index contributed by atoms with van der Waals surface area (Å²) in [5, 5.41) is 6.17. The van der Waals surface area contributed by atoms with E-state index < -0.39 is 0 Å². The highest BCUT2D eigenvalue weighted by Gasteiger charge is 2.17. The highest BCUT2D eigenvalue weighted by Crippen LogP contribution is 2.32. The quantitative estimate of drug-likeness (QED) is 0.701. The second-order valence-corrected chi connectivity index (χ2v) is 7.29. The van der Waals surface area contributed by atoms with E-state index in [0.717, 1.165) is 16.8 Å². The number of carbonyl (C=O) groups is 1. The Morgan fingerprint density at radius 1 is 0.885 bits per heavy atom. The molecular weight excluding hydrogens is 327 g/mol. The second-order valence-electron chi connectivity index (χ2n) is 7.29. The maximum Gasteiger partial charge on any atom is 0.238 e. The first-order valence-corrected chi connectivity index (χ1v) is 9.21. The summed E-state index contributed by atoms with van der Waals surface area (Å²) in [4.78, 5) is 12.5. The molecule has 0 fully saturated rings. The predicted octanol–water partition coefficient (Wildman–Crippen LogP) is 5.36. The molecule has 4 heteroatoms. The molecule has 0 saturated carbocycles. The van der Waals surface area contributed by atoms with E-state index >= 15 is 0 Å². The van der Waals surface area contributed by atoms with Crippen molar-refractivity contribution < 1.29 is 9.18 Å². The zero-order valence-corrected chi connectivity index (χ0v) is 16.3. The Labute approximate surface area is 156 Å². The number of hydrogen-bond acceptors (Lipinski definition) is 2. The van der Waals surface area contributed by atoms with Gasteiger partial charge in [-0.05, 0) is 36.0 Å². The van der Waals surface area contributed by atoms with Gasteiger partial charge in [0.1, 0.15) is 5.82 Å². The van der Waals surface area contributed by atoms with Gasteiger partial charge in [-0.25, -0.2) is 4.39 Å². The van der Waals surface area contributed by atoms with Crippen LogP contribution in [0.5, 0.6) is 0 Å². The molecule has 0 aliphatic carbocycles. The highest BCUT2D eigenvalue weighted by molar-refractivity contribution is 5.94. The number of carbonyl (C=O) groups excluding carboxylic acids is 1. The Hall–Kier alpha value is -2.20. The summed E-state index contributed by atoms with van der Waals surface area (Å²) in [7, 11) is 0. The van der Waals surface area contributed by atoms with Gasteiger partial charge in [0.05, 0.1) is 6.54 Å². The van der Waals surface area contributed by atoms with Gasteiger partial charge in [0.25, 0.3) is 0 Å². The third kappa shape index (κ3) is 4.92. The molecule has 0 bridgehead atoms. The lowest BCUT2D eigenvalue weighted by atomic mass is 9.92. The molecule has 1 unspecified atom stereocenters. The third-order valence-electron chi connectivity index (χ3n) is 4.58. The predicted molar refractivity (Wildman–Crippen MR) is 106 cm³/mol. The molecule has 2 rings (SSSR count). The molecule has 0 aromatic heterocycles. The van der Waals surface area contributed by atoms with Crippen molar-refractivity contribution in [2.24, 2.45) is 0 Å². The average Bonchev–Trinajstić information content (AvgIpc) is 2.59. The molecule has 3 nitrogen and oxygen atoms in total. The number of para-hydroxylation sites is 1. The van der Waals surface area contributed by atoms with Crippen molar-refractivity contribution in [1.82, 2.24) is 5.32 Å². The number of hydrogen-bond donors (Lipinski definition) is 2. The van der Waals surface area contributed by atoms with Gasteiger partial charge in [0.2, 0.25) is 5.91 Å². The minimum Gasteiger partial charge on any atom is -0.324 e. The number of benzene rings is 2. The van der Waals surface area contributed by atoms with E-state index in [0.29, 0.717) is 17.4 Å². The fourth-order valence-electron chi connectivity index (χ4n) is 3.06. The van der Waals surface area contributed by atoms with Crippen LogP contribution in [0.25, 0.3) is 0 Å². The Bertz CT molecular complexity index is 729. The monoisotopic (exact) mass is 356 g/mol. The van der Waals surface area contributed by atoms with Crippen LogP contribution < -0.4 is 10.6 Å². The number of amides is 1. The Morgan fingerprint density at radius 3 is 1.96 bits per heavy atom. The summed E-state index contributed by atoms with van der Waals surface area (Å²) in [6.45, 7) is 10.5. The van der Waals surface area contributed by atoms with Crippen LogP contribution in [0.15, 0.2) is 42.5 Å². The Kier molecular flexibility index (Phi) is 6.92. The van der Waals surface area contributed by atoms with Crippen molar-refractivity contribution in [1.29, 1.82) is 0 Å². The van der Waals surface area contributed by atoms with Crippen molar-refractivity contribution in [3.63, 3.8) is 0 Å². The minimum atomic E-state index is -0.264. The van der Waals surface area contributed by atoms with Crippen molar-refractivity contribution in [3.05, 3.63) is 65.0 Å². The average molecular weight is 356 g/mol. The summed E-state index contributed by atoms with van der Waals surface area (Å²) in [6, 6.07) is 12.5. The number of nitrogens with one attached hydrogen (secondary N) is 2. The van der Waals surface area contributed by atoms with Crippen molar-refractivity contribution in [2.75, 3.05) is 11.9 Å². The van der Waals surface area contributed by atoms with E-state index in [-0.39, 0.29) is 24.3 Å². The molecular formula is C22H29FN2O. The van der Waals surface area contributed by atoms with Crippen LogP contribution in [0.2, 0.25) is 0 Å². The summed E-state index contributed by atoms with van der Waals surface area (Å²) < 4.78 is 13.9. The first kappa shape index (κ1) is 20.1. The molecule has 140 valence electrons. The molecule has 2 aromatic rings. The van der Waals surface area contributed by atoms with E-state index in [4.69, 9.17) is 0 Å². The molecule has 0 saturated heterocycles. The summed E-state index contributed by atoms with van der Waals surface area (Å²) in [5.41, 5.74) is 3.73. The topological polar surface area (TPSA) is 41.1 Å². The van der Waals surface area contributed by atoms with Gasteiger partial charge in [-0.15, -0.1) is 0 Å². The molecule has 0 aliphatic heterocycles. The lowest BCUT2D eigenvalue weighted by molar-refractivity contribution is -0.115. The minimum absolute atomic E-state index is 0.122. The smallest absolute Gasteiger partial charge is 0.238 e.